The lowest BCUT2D eigenvalue weighted by Crippen LogP contribution is -2.25. The standard InChI is InChI=1S/C18H18N2O3/c1-23-16-5-3-2-4-12(16)8-9-19-18(22)13-6-7-15-14(10-13)11-17(21)20-15/h2-7,10H,8-9,11H2,1H3,(H,19,22)(H,20,21). The number of hydrogen-bond acceptors (Lipinski definition) is 3. The van der Waals surface area contributed by atoms with Gasteiger partial charge in [0.15, 0.2) is 0 Å². The molecule has 1 aliphatic rings. The maximum absolute atomic E-state index is 12.2. The number of hydrogen-bond donors (Lipinski definition) is 2. The van der Waals surface area contributed by atoms with Crippen LogP contribution in [0, 0.1) is 0 Å². The summed E-state index contributed by atoms with van der Waals surface area (Å²) in [6.07, 6.45) is 1.03. The summed E-state index contributed by atoms with van der Waals surface area (Å²) in [6, 6.07) is 13.0. The highest BCUT2D eigenvalue weighted by Crippen LogP contribution is 2.23. The largest absolute Gasteiger partial charge is 0.496 e. The van der Waals surface area contributed by atoms with Crippen LogP contribution in [0.25, 0.3) is 0 Å². The van der Waals surface area contributed by atoms with Gasteiger partial charge in [0.2, 0.25) is 5.91 Å². The number of methoxy groups -OCH3 is 1. The Labute approximate surface area is 134 Å². The van der Waals surface area contributed by atoms with Crippen molar-refractivity contribution in [2.45, 2.75) is 12.8 Å². The summed E-state index contributed by atoms with van der Waals surface area (Å²) in [5.41, 5.74) is 3.28. The highest BCUT2D eigenvalue weighted by Gasteiger charge is 2.19. The Morgan fingerprint density at radius 1 is 1.26 bits per heavy atom. The molecule has 0 radical (unpaired) electrons. The second-order valence-electron chi connectivity index (χ2n) is 5.41. The quantitative estimate of drug-likeness (QED) is 0.889. The second kappa shape index (κ2) is 6.52. The highest BCUT2D eigenvalue weighted by atomic mass is 16.5. The molecule has 0 fully saturated rings. The summed E-state index contributed by atoms with van der Waals surface area (Å²) in [6.45, 7) is 0.521. The molecule has 0 saturated heterocycles. The molecule has 1 heterocycles. The first-order valence-corrected chi connectivity index (χ1v) is 7.50. The molecule has 23 heavy (non-hydrogen) atoms. The van der Waals surface area contributed by atoms with E-state index >= 15 is 0 Å². The normalized spacial score (nSPS) is 12.5. The van der Waals surface area contributed by atoms with Gasteiger partial charge in [-0.3, -0.25) is 9.59 Å². The highest BCUT2D eigenvalue weighted by molar-refractivity contribution is 6.01. The van der Waals surface area contributed by atoms with Crippen LogP contribution in [0.2, 0.25) is 0 Å². The lowest BCUT2D eigenvalue weighted by molar-refractivity contribution is -0.115. The van der Waals surface area contributed by atoms with Crippen LogP contribution in [-0.4, -0.2) is 25.5 Å². The first-order valence-electron chi connectivity index (χ1n) is 7.50. The van der Waals surface area contributed by atoms with E-state index in [0.717, 1.165) is 22.6 Å². The Balaban J connectivity index is 1.60. The number of nitrogens with one attached hydrogen (secondary N) is 2. The topological polar surface area (TPSA) is 67.4 Å². The first-order chi connectivity index (χ1) is 11.2. The molecule has 1 aliphatic heterocycles. The van der Waals surface area contributed by atoms with Crippen molar-refractivity contribution in [2.24, 2.45) is 0 Å². The molecule has 0 saturated carbocycles. The van der Waals surface area contributed by atoms with Crippen molar-refractivity contribution >= 4 is 17.5 Å². The van der Waals surface area contributed by atoms with E-state index in [4.69, 9.17) is 4.74 Å². The molecule has 118 valence electrons. The van der Waals surface area contributed by atoms with Gasteiger partial charge in [-0.1, -0.05) is 18.2 Å². The van der Waals surface area contributed by atoms with Crippen molar-refractivity contribution in [2.75, 3.05) is 19.0 Å². The second-order valence-corrected chi connectivity index (χ2v) is 5.41. The fourth-order valence-corrected chi connectivity index (χ4v) is 2.69. The molecule has 0 aromatic heterocycles. The zero-order valence-electron chi connectivity index (χ0n) is 12.9. The van der Waals surface area contributed by atoms with Crippen LogP contribution in [0.1, 0.15) is 21.5 Å². The Morgan fingerprint density at radius 3 is 2.91 bits per heavy atom. The first kappa shape index (κ1) is 15.1. The lowest BCUT2D eigenvalue weighted by Gasteiger charge is -2.09. The van der Waals surface area contributed by atoms with Crippen molar-refractivity contribution in [3.05, 3.63) is 59.2 Å². The average molecular weight is 310 g/mol. The van der Waals surface area contributed by atoms with E-state index in [1.165, 1.54) is 0 Å². The Bertz CT molecular complexity index is 756. The van der Waals surface area contributed by atoms with Gasteiger partial charge in [-0.25, -0.2) is 0 Å². The van der Waals surface area contributed by atoms with Gasteiger partial charge in [-0.05, 0) is 41.8 Å². The summed E-state index contributed by atoms with van der Waals surface area (Å²) >= 11 is 0. The zero-order chi connectivity index (χ0) is 16.2. The third-order valence-corrected chi connectivity index (χ3v) is 3.86. The third kappa shape index (κ3) is 3.34. The number of carbonyl (C=O) groups is 2. The van der Waals surface area contributed by atoms with Gasteiger partial charge >= 0.3 is 0 Å². The van der Waals surface area contributed by atoms with E-state index in [1.54, 1.807) is 25.3 Å². The molecule has 0 bridgehead atoms. The number of ether oxygens (including phenoxy) is 1. The predicted molar refractivity (Wildman–Crippen MR) is 87.8 cm³/mol. The smallest absolute Gasteiger partial charge is 0.251 e. The molecule has 0 spiro atoms. The summed E-state index contributed by atoms with van der Waals surface area (Å²) in [5, 5.41) is 5.66. The van der Waals surface area contributed by atoms with Crippen molar-refractivity contribution in [1.29, 1.82) is 0 Å². The van der Waals surface area contributed by atoms with Gasteiger partial charge in [0.05, 0.1) is 13.5 Å². The molecular weight excluding hydrogens is 292 g/mol. The number of para-hydroxylation sites is 1. The number of amides is 2. The zero-order valence-corrected chi connectivity index (χ0v) is 12.9. The van der Waals surface area contributed by atoms with Crippen LogP contribution in [0.4, 0.5) is 5.69 Å². The van der Waals surface area contributed by atoms with Crippen LogP contribution < -0.4 is 15.4 Å². The van der Waals surface area contributed by atoms with Crippen LogP contribution in [0.5, 0.6) is 5.75 Å². The number of benzene rings is 2. The summed E-state index contributed by atoms with van der Waals surface area (Å²) in [4.78, 5) is 23.6. The minimum atomic E-state index is -0.137. The molecule has 2 aromatic carbocycles. The lowest BCUT2D eigenvalue weighted by atomic mass is 10.1. The number of anilines is 1. The molecular formula is C18H18N2O3. The molecule has 2 amide bonds. The van der Waals surface area contributed by atoms with Gasteiger partial charge in [-0.2, -0.15) is 0 Å². The Kier molecular flexibility index (Phi) is 4.28. The van der Waals surface area contributed by atoms with E-state index in [1.807, 2.05) is 24.3 Å². The van der Waals surface area contributed by atoms with E-state index in [-0.39, 0.29) is 11.8 Å². The van der Waals surface area contributed by atoms with Crippen LogP contribution in [0.3, 0.4) is 0 Å². The van der Waals surface area contributed by atoms with Gasteiger partial charge in [0.1, 0.15) is 5.75 Å². The molecule has 5 heteroatoms. The van der Waals surface area contributed by atoms with E-state index in [9.17, 15) is 9.59 Å². The minimum absolute atomic E-state index is 0.0336. The van der Waals surface area contributed by atoms with E-state index < -0.39 is 0 Å². The van der Waals surface area contributed by atoms with Crippen LogP contribution >= 0.6 is 0 Å². The fraction of sp³-hybridized carbons (Fsp3) is 0.222. The van der Waals surface area contributed by atoms with Gasteiger partial charge < -0.3 is 15.4 Å². The van der Waals surface area contributed by atoms with Crippen molar-refractivity contribution < 1.29 is 14.3 Å². The maximum Gasteiger partial charge on any atom is 0.251 e. The van der Waals surface area contributed by atoms with Gasteiger partial charge in [0, 0.05) is 17.8 Å². The SMILES string of the molecule is COc1ccccc1CCNC(=O)c1ccc2c(c1)CC(=O)N2. The number of rotatable bonds is 5. The number of fused-ring (bicyclic) bond motifs is 1. The van der Waals surface area contributed by atoms with Crippen LogP contribution in [-0.2, 0) is 17.6 Å². The summed E-state index contributed by atoms with van der Waals surface area (Å²) in [5.74, 6) is 0.652. The summed E-state index contributed by atoms with van der Waals surface area (Å²) in [7, 11) is 1.64. The van der Waals surface area contributed by atoms with Crippen molar-refractivity contribution in [3.8, 4) is 5.75 Å². The molecule has 5 nitrogen and oxygen atoms in total. The monoisotopic (exact) mass is 310 g/mol. The number of carbonyl (C=O) groups excluding carboxylic acids is 2. The maximum atomic E-state index is 12.2. The third-order valence-electron chi connectivity index (χ3n) is 3.86. The van der Waals surface area contributed by atoms with Gasteiger partial charge in [0.25, 0.3) is 5.91 Å². The molecule has 0 unspecified atom stereocenters. The minimum Gasteiger partial charge on any atom is -0.496 e. The Hall–Kier alpha value is -2.82. The predicted octanol–water partition coefficient (Wildman–Crippen LogP) is 2.16. The molecule has 2 N–H and O–H groups in total. The molecule has 0 atom stereocenters. The Morgan fingerprint density at radius 2 is 2.09 bits per heavy atom. The molecule has 2 aromatic rings. The van der Waals surface area contributed by atoms with E-state index in [0.29, 0.717) is 24.9 Å². The van der Waals surface area contributed by atoms with Crippen LogP contribution in [0.15, 0.2) is 42.5 Å². The average Bonchev–Trinajstić information content (AvgIpc) is 2.94. The fourth-order valence-electron chi connectivity index (χ4n) is 2.69. The van der Waals surface area contributed by atoms with Gasteiger partial charge in [-0.15, -0.1) is 0 Å². The van der Waals surface area contributed by atoms with E-state index in [2.05, 4.69) is 10.6 Å². The molecule has 3 rings (SSSR count). The van der Waals surface area contributed by atoms with Crippen molar-refractivity contribution in [1.82, 2.24) is 5.32 Å². The summed E-state index contributed by atoms with van der Waals surface area (Å²) < 4.78 is 5.30. The molecule has 0 aliphatic carbocycles. The van der Waals surface area contributed by atoms with Crippen molar-refractivity contribution in [3.63, 3.8) is 0 Å².